The molecule has 0 atom stereocenters. The Hall–Kier alpha value is -2.61. The van der Waals surface area contributed by atoms with Gasteiger partial charge in [-0.15, -0.1) is 0 Å². The lowest BCUT2D eigenvalue weighted by molar-refractivity contribution is -0.136. The minimum Gasteiger partial charge on any atom is -0.322 e. The van der Waals surface area contributed by atoms with Gasteiger partial charge in [-0.1, -0.05) is 24.3 Å². The summed E-state index contributed by atoms with van der Waals surface area (Å²) in [7, 11) is 0. The first-order chi connectivity index (χ1) is 13.3. The van der Waals surface area contributed by atoms with Crippen LogP contribution in [0, 0.1) is 5.82 Å². The monoisotopic (exact) mass is 395 g/mol. The van der Waals surface area contributed by atoms with Crippen molar-refractivity contribution in [1.29, 1.82) is 0 Å². The third-order valence-corrected chi connectivity index (χ3v) is 4.76. The number of para-hydroxylation sites is 1. The SMILES string of the molecule is O=C(Nc1ccccc1C(F)(F)F)N1CCN(CCc2ccc(F)cc2)CC1. The summed E-state index contributed by atoms with van der Waals surface area (Å²) in [5.41, 5.74) is -0.0645. The summed E-state index contributed by atoms with van der Waals surface area (Å²) >= 11 is 0. The van der Waals surface area contributed by atoms with E-state index in [0.717, 1.165) is 24.6 Å². The summed E-state index contributed by atoms with van der Waals surface area (Å²) in [4.78, 5) is 16.1. The third-order valence-electron chi connectivity index (χ3n) is 4.76. The highest BCUT2D eigenvalue weighted by molar-refractivity contribution is 5.90. The van der Waals surface area contributed by atoms with Gasteiger partial charge in [0, 0.05) is 32.7 Å². The van der Waals surface area contributed by atoms with Gasteiger partial charge in [-0.05, 0) is 36.2 Å². The Morgan fingerprint density at radius 2 is 1.61 bits per heavy atom. The summed E-state index contributed by atoms with van der Waals surface area (Å²) in [5.74, 6) is -0.268. The van der Waals surface area contributed by atoms with Crippen molar-refractivity contribution < 1.29 is 22.4 Å². The van der Waals surface area contributed by atoms with Crippen LogP contribution in [0.5, 0.6) is 0 Å². The molecule has 0 bridgehead atoms. The molecule has 28 heavy (non-hydrogen) atoms. The number of halogens is 4. The number of carbonyl (C=O) groups is 1. The standard InChI is InChI=1S/C20H21F4N3O/c21-16-7-5-15(6-8-16)9-10-26-11-13-27(14-12-26)19(28)25-18-4-2-1-3-17(18)20(22,23)24/h1-8H,9-14H2,(H,25,28). The van der Waals surface area contributed by atoms with Crippen molar-refractivity contribution in [2.45, 2.75) is 12.6 Å². The number of nitrogens with zero attached hydrogens (tertiary/aromatic N) is 2. The molecule has 1 aliphatic rings. The van der Waals surface area contributed by atoms with E-state index in [1.807, 2.05) is 0 Å². The molecule has 0 radical (unpaired) electrons. The van der Waals surface area contributed by atoms with Gasteiger partial charge in [-0.3, -0.25) is 4.90 Å². The summed E-state index contributed by atoms with van der Waals surface area (Å²) in [6.45, 7) is 2.91. The van der Waals surface area contributed by atoms with Crippen LogP contribution in [0.4, 0.5) is 28.0 Å². The first-order valence-corrected chi connectivity index (χ1v) is 9.02. The Labute approximate surface area is 160 Å². The fourth-order valence-corrected chi connectivity index (χ4v) is 3.15. The van der Waals surface area contributed by atoms with Crippen molar-refractivity contribution in [3.05, 3.63) is 65.5 Å². The Morgan fingerprint density at radius 3 is 2.25 bits per heavy atom. The van der Waals surface area contributed by atoms with E-state index in [1.165, 1.54) is 35.2 Å². The van der Waals surface area contributed by atoms with E-state index in [4.69, 9.17) is 0 Å². The van der Waals surface area contributed by atoms with Gasteiger partial charge in [0.25, 0.3) is 0 Å². The van der Waals surface area contributed by atoms with Gasteiger partial charge in [-0.25, -0.2) is 9.18 Å². The maximum atomic E-state index is 13.0. The van der Waals surface area contributed by atoms with Crippen LogP contribution in [0.25, 0.3) is 0 Å². The largest absolute Gasteiger partial charge is 0.418 e. The summed E-state index contributed by atoms with van der Waals surface area (Å²) in [6.07, 6.45) is -3.76. The molecule has 2 aromatic carbocycles. The number of rotatable bonds is 4. The molecule has 1 saturated heterocycles. The van der Waals surface area contributed by atoms with Crippen LogP contribution in [0.2, 0.25) is 0 Å². The fourth-order valence-electron chi connectivity index (χ4n) is 3.15. The van der Waals surface area contributed by atoms with Gasteiger partial charge in [0.2, 0.25) is 0 Å². The van der Waals surface area contributed by atoms with E-state index < -0.39 is 17.8 Å². The number of benzene rings is 2. The molecule has 0 spiro atoms. The highest BCUT2D eigenvalue weighted by Gasteiger charge is 2.34. The molecule has 3 rings (SSSR count). The highest BCUT2D eigenvalue weighted by Crippen LogP contribution is 2.34. The molecule has 4 nitrogen and oxygen atoms in total. The maximum Gasteiger partial charge on any atom is 0.418 e. The van der Waals surface area contributed by atoms with E-state index in [0.29, 0.717) is 26.2 Å². The van der Waals surface area contributed by atoms with Crippen molar-refractivity contribution >= 4 is 11.7 Å². The maximum absolute atomic E-state index is 13.0. The topological polar surface area (TPSA) is 35.6 Å². The molecule has 150 valence electrons. The minimum absolute atomic E-state index is 0.237. The molecule has 2 amide bonds. The van der Waals surface area contributed by atoms with E-state index in [1.54, 1.807) is 12.1 Å². The number of amides is 2. The molecule has 0 saturated carbocycles. The van der Waals surface area contributed by atoms with Gasteiger partial charge in [0.15, 0.2) is 0 Å². The molecule has 1 N–H and O–H groups in total. The average molecular weight is 395 g/mol. The van der Waals surface area contributed by atoms with Crippen molar-refractivity contribution in [3.63, 3.8) is 0 Å². The number of nitrogens with one attached hydrogen (secondary N) is 1. The zero-order valence-corrected chi connectivity index (χ0v) is 15.2. The highest BCUT2D eigenvalue weighted by atomic mass is 19.4. The van der Waals surface area contributed by atoms with E-state index in [-0.39, 0.29) is 11.5 Å². The zero-order chi connectivity index (χ0) is 20.1. The van der Waals surface area contributed by atoms with Gasteiger partial charge in [0.1, 0.15) is 5.82 Å². The number of anilines is 1. The van der Waals surface area contributed by atoms with Crippen molar-refractivity contribution in [2.75, 3.05) is 38.0 Å². The molecule has 0 aromatic heterocycles. The molecule has 1 aliphatic heterocycles. The second-order valence-electron chi connectivity index (χ2n) is 6.68. The first-order valence-electron chi connectivity index (χ1n) is 9.02. The van der Waals surface area contributed by atoms with Crippen LogP contribution in [0.3, 0.4) is 0 Å². The van der Waals surface area contributed by atoms with Gasteiger partial charge >= 0.3 is 12.2 Å². The number of hydrogen-bond acceptors (Lipinski definition) is 2. The minimum atomic E-state index is -4.52. The van der Waals surface area contributed by atoms with E-state index in [2.05, 4.69) is 10.2 Å². The molecule has 2 aromatic rings. The third kappa shape index (κ3) is 5.22. The summed E-state index contributed by atoms with van der Waals surface area (Å²) in [6, 6.07) is 10.8. The Balaban J connectivity index is 1.50. The second-order valence-corrected chi connectivity index (χ2v) is 6.68. The van der Waals surface area contributed by atoms with Gasteiger partial charge in [0.05, 0.1) is 11.3 Å². The van der Waals surface area contributed by atoms with Crippen LogP contribution in [-0.4, -0.2) is 48.6 Å². The number of urea groups is 1. The van der Waals surface area contributed by atoms with Crippen LogP contribution >= 0.6 is 0 Å². The summed E-state index contributed by atoms with van der Waals surface area (Å²) in [5, 5.41) is 2.38. The quantitative estimate of drug-likeness (QED) is 0.787. The predicted octanol–water partition coefficient (Wildman–Crippen LogP) is 4.24. The normalized spacial score (nSPS) is 15.5. The van der Waals surface area contributed by atoms with Crippen molar-refractivity contribution in [1.82, 2.24) is 9.80 Å². The van der Waals surface area contributed by atoms with Crippen LogP contribution in [-0.2, 0) is 12.6 Å². The lowest BCUT2D eigenvalue weighted by atomic mass is 10.1. The summed E-state index contributed by atoms with van der Waals surface area (Å²) < 4.78 is 52.1. The first kappa shape index (κ1) is 20.1. The van der Waals surface area contributed by atoms with Gasteiger partial charge < -0.3 is 10.2 Å². The molecule has 0 unspecified atom stereocenters. The lowest BCUT2D eigenvalue weighted by Crippen LogP contribution is -2.50. The van der Waals surface area contributed by atoms with Crippen molar-refractivity contribution in [2.24, 2.45) is 0 Å². The number of hydrogen-bond donors (Lipinski definition) is 1. The zero-order valence-electron chi connectivity index (χ0n) is 15.2. The molecule has 1 heterocycles. The lowest BCUT2D eigenvalue weighted by Gasteiger charge is -2.34. The number of piperazine rings is 1. The molecule has 1 fully saturated rings. The fraction of sp³-hybridized carbons (Fsp3) is 0.350. The van der Waals surface area contributed by atoms with Crippen molar-refractivity contribution in [3.8, 4) is 0 Å². The number of alkyl halides is 3. The average Bonchev–Trinajstić information content (AvgIpc) is 2.67. The molecule has 8 heteroatoms. The van der Waals surface area contributed by atoms with Gasteiger partial charge in [-0.2, -0.15) is 13.2 Å². The van der Waals surface area contributed by atoms with Crippen LogP contribution in [0.15, 0.2) is 48.5 Å². The predicted molar refractivity (Wildman–Crippen MR) is 98.6 cm³/mol. The van der Waals surface area contributed by atoms with E-state index in [9.17, 15) is 22.4 Å². The Morgan fingerprint density at radius 1 is 0.964 bits per heavy atom. The number of carbonyl (C=O) groups excluding carboxylic acids is 1. The molecular formula is C20H21F4N3O. The Bertz CT molecular complexity index is 800. The molecule has 0 aliphatic carbocycles. The second kappa shape index (κ2) is 8.60. The Kier molecular flexibility index (Phi) is 6.18. The van der Waals surface area contributed by atoms with Crippen LogP contribution in [0.1, 0.15) is 11.1 Å². The smallest absolute Gasteiger partial charge is 0.322 e. The molecular weight excluding hydrogens is 374 g/mol. The van der Waals surface area contributed by atoms with Crippen LogP contribution < -0.4 is 5.32 Å². The van der Waals surface area contributed by atoms with E-state index >= 15 is 0 Å².